The van der Waals surface area contributed by atoms with Crippen LogP contribution in [0.5, 0.6) is 0 Å². The SMILES string of the molecule is Cc1ccc(S(=O)(=O)N(CC(=O)N(Cc2cccc(Br)c2)[C@H](C)C(=O)NCC(C)C)c2ccc(Cl)cc2)cc1. The molecule has 0 radical (unpaired) electrons. The third-order valence-corrected chi connectivity index (χ3v) is 8.63. The molecule has 3 aromatic rings. The molecule has 0 fully saturated rings. The number of aryl methyl sites for hydroxylation is 1. The number of sulfonamides is 1. The lowest BCUT2D eigenvalue weighted by Crippen LogP contribution is -2.51. The minimum absolute atomic E-state index is 0.0529. The summed E-state index contributed by atoms with van der Waals surface area (Å²) in [4.78, 5) is 28.4. The van der Waals surface area contributed by atoms with Gasteiger partial charge in [-0.25, -0.2) is 8.42 Å². The van der Waals surface area contributed by atoms with Crippen molar-refractivity contribution in [3.63, 3.8) is 0 Å². The normalized spacial score (nSPS) is 12.2. The van der Waals surface area contributed by atoms with E-state index < -0.39 is 28.5 Å². The maximum Gasteiger partial charge on any atom is 0.264 e. The summed E-state index contributed by atoms with van der Waals surface area (Å²) in [5.74, 6) is -0.602. The molecule has 0 saturated heterocycles. The highest BCUT2D eigenvalue weighted by atomic mass is 79.9. The molecule has 1 atom stereocenters. The van der Waals surface area contributed by atoms with E-state index in [0.29, 0.717) is 11.6 Å². The Kier molecular flexibility index (Phi) is 10.6. The van der Waals surface area contributed by atoms with E-state index in [1.165, 1.54) is 17.0 Å². The standard InChI is InChI=1S/C29H33BrClN3O4S/c1-20(2)17-32-29(36)22(4)33(18-23-6-5-7-24(30)16-23)28(35)19-34(26-12-10-25(31)11-13-26)39(37,38)27-14-8-21(3)9-15-27/h5-16,20,22H,17-19H2,1-4H3,(H,32,36)/t22-/m1/s1. The summed E-state index contributed by atoms with van der Waals surface area (Å²) in [5, 5.41) is 3.31. The fourth-order valence-electron chi connectivity index (χ4n) is 3.84. The highest BCUT2D eigenvalue weighted by Gasteiger charge is 2.32. The minimum atomic E-state index is -4.12. The predicted molar refractivity (Wildman–Crippen MR) is 159 cm³/mol. The molecule has 0 aliphatic heterocycles. The molecule has 3 aromatic carbocycles. The molecular formula is C29H33BrClN3O4S. The van der Waals surface area contributed by atoms with E-state index in [2.05, 4.69) is 21.2 Å². The zero-order chi connectivity index (χ0) is 28.7. The van der Waals surface area contributed by atoms with Gasteiger partial charge in [0.2, 0.25) is 11.8 Å². The van der Waals surface area contributed by atoms with Crippen molar-refractivity contribution in [1.29, 1.82) is 0 Å². The maximum absolute atomic E-state index is 13.9. The maximum atomic E-state index is 13.9. The third kappa shape index (κ3) is 8.30. The van der Waals surface area contributed by atoms with Gasteiger partial charge in [-0.05, 0) is 73.9 Å². The third-order valence-electron chi connectivity index (χ3n) is 6.10. The summed E-state index contributed by atoms with van der Waals surface area (Å²) < 4.78 is 29.5. The van der Waals surface area contributed by atoms with E-state index in [0.717, 1.165) is 19.9 Å². The molecule has 7 nitrogen and oxygen atoms in total. The van der Waals surface area contributed by atoms with Gasteiger partial charge in [0.1, 0.15) is 12.6 Å². The molecule has 2 amide bonds. The number of anilines is 1. The Bertz CT molecular complexity index is 1400. The van der Waals surface area contributed by atoms with Crippen LogP contribution in [0, 0.1) is 12.8 Å². The zero-order valence-electron chi connectivity index (χ0n) is 22.4. The minimum Gasteiger partial charge on any atom is -0.354 e. The van der Waals surface area contributed by atoms with Crippen LogP contribution in [0.1, 0.15) is 31.9 Å². The van der Waals surface area contributed by atoms with Crippen LogP contribution in [-0.2, 0) is 26.2 Å². The first-order valence-corrected chi connectivity index (χ1v) is 15.2. The second kappa shape index (κ2) is 13.5. The first-order valence-electron chi connectivity index (χ1n) is 12.5. The number of hydrogen-bond acceptors (Lipinski definition) is 4. The molecule has 0 aromatic heterocycles. The molecule has 0 aliphatic rings. The number of carbonyl (C=O) groups excluding carboxylic acids is 2. The van der Waals surface area contributed by atoms with E-state index in [1.807, 2.05) is 45.0 Å². The number of halogens is 2. The van der Waals surface area contributed by atoms with Gasteiger partial charge in [0, 0.05) is 22.6 Å². The van der Waals surface area contributed by atoms with Crippen molar-refractivity contribution in [3.8, 4) is 0 Å². The molecular weight excluding hydrogens is 602 g/mol. The molecule has 0 spiro atoms. The van der Waals surface area contributed by atoms with E-state index in [4.69, 9.17) is 11.6 Å². The summed E-state index contributed by atoms with van der Waals surface area (Å²) in [5.41, 5.74) is 1.98. The largest absolute Gasteiger partial charge is 0.354 e. The van der Waals surface area contributed by atoms with Crippen LogP contribution in [0.3, 0.4) is 0 Å². The summed E-state index contributed by atoms with van der Waals surface area (Å²) >= 11 is 9.51. The average Bonchev–Trinajstić information content (AvgIpc) is 2.89. The van der Waals surface area contributed by atoms with Crippen molar-refractivity contribution in [2.75, 3.05) is 17.4 Å². The monoisotopic (exact) mass is 633 g/mol. The predicted octanol–water partition coefficient (Wildman–Crippen LogP) is 5.80. The highest BCUT2D eigenvalue weighted by Crippen LogP contribution is 2.26. The smallest absolute Gasteiger partial charge is 0.264 e. The molecule has 10 heteroatoms. The molecule has 208 valence electrons. The highest BCUT2D eigenvalue weighted by molar-refractivity contribution is 9.10. The van der Waals surface area contributed by atoms with Crippen molar-refractivity contribution in [2.24, 2.45) is 5.92 Å². The quantitative estimate of drug-likeness (QED) is 0.289. The summed E-state index contributed by atoms with van der Waals surface area (Å²) in [7, 11) is -4.12. The number of benzene rings is 3. The number of amides is 2. The molecule has 0 unspecified atom stereocenters. The summed E-state index contributed by atoms with van der Waals surface area (Å²) in [6.45, 7) is 7.54. The first-order chi connectivity index (χ1) is 18.4. The Morgan fingerprint density at radius 3 is 2.21 bits per heavy atom. The Labute approximate surface area is 244 Å². The Balaban J connectivity index is 2.01. The zero-order valence-corrected chi connectivity index (χ0v) is 25.6. The summed E-state index contributed by atoms with van der Waals surface area (Å²) in [6, 6.07) is 19.3. The number of nitrogens with zero attached hydrogens (tertiary/aromatic N) is 2. The van der Waals surface area contributed by atoms with Crippen LogP contribution in [0.4, 0.5) is 5.69 Å². The van der Waals surface area contributed by atoms with Gasteiger partial charge in [-0.2, -0.15) is 0 Å². The van der Waals surface area contributed by atoms with Crippen molar-refractivity contribution < 1.29 is 18.0 Å². The van der Waals surface area contributed by atoms with Crippen molar-refractivity contribution in [3.05, 3.63) is 93.4 Å². The van der Waals surface area contributed by atoms with E-state index in [-0.39, 0.29) is 29.0 Å². The summed E-state index contributed by atoms with van der Waals surface area (Å²) in [6.07, 6.45) is 0. The van der Waals surface area contributed by atoms with Gasteiger partial charge in [0.15, 0.2) is 0 Å². The van der Waals surface area contributed by atoms with Gasteiger partial charge in [-0.15, -0.1) is 0 Å². The molecule has 3 rings (SSSR count). The average molecular weight is 635 g/mol. The van der Waals surface area contributed by atoms with E-state index >= 15 is 0 Å². The van der Waals surface area contributed by atoms with E-state index in [1.54, 1.807) is 43.3 Å². The van der Waals surface area contributed by atoms with Crippen LogP contribution >= 0.6 is 27.5 Å². The molecule has 0 aliphatic carbocycles. The van der Waals surface area contributed by atoms with Crippen molar-refractivity contribution in [2.45, 2.75) is 45.2 Å². The van der Waals surface area contributed by atoms with Crippen LogP contribution in [0.2, 0.25) is 5.02 Å². The Morgan fingerprint density at radius 1 is 0.974 bits per heavy atom. The van der Waals surface area contributed by atoms with Crippen LogP contribution in [-0.4, -0.2) is 44.3 Å². The molecule has 0 saturated carbocycles. The Morgan fingerprint density at radius 2 is 1.62 bits per heavy atom. The van der Waals surface area contributed by atoms with Gasteiger partial charge >= 0.3 is 0 Å². The van der Waals surface area contributed by atoms with Crippen LogP contribution in [0.25, 0.3) is 0 Å². The fraction of sp³-hybridized carbons (Fsp3) is 0.310. The second-order valence-corrected chi connectivity index (χ2v) is 13.0. The topological polar surface area (TPSA) is 86.8 Å². The molecule has 1 N–H and O–H groups in total. The molecule has 39 heavy (non-hydrogen) atoms. The molecule has 0 bridgehead atoms. The van der Waals surface area contributed by atoms with Gasteiger partial charge < -0.3 is 10.2 Å². The van der Waals surface area contributed by atoms with Gasteiger partial charge in [-0.1, -0.05) is 71.2 Å². The van der Waals surface area contributed by atoms with Gasteiger partial charge in [0.25, 0.3) is 10.0 Å². The van der Waals surface area contributed by atoms with Gasteiger partial charge in [-0.3, -0.25) is 13.9 Å². The number of carbonyl (C=O) groups is 2. The number of rotatable bonds is 11. The van der Waals surface area contributed by atoms with Crippen molar-refractivity contribution in [1.82, 2.24) is 10.2 Å². The lowest BCUT2D eigenvalue weighted by Gasteiger charge is -2.32. The van der Waals surface area contributed by atoms with Crippen LogP contribution in [0.15, 0.2) is 82.2 Å². The lowest BCUT2D eigenvalue weighted by molar-refractivity contribution is -0.139. The second-order valence-electron chi connectivity index (χ2n) is 9.77. The van der Waals surface area contributed by atoms with Crippen LogP contribution < -0.4 is 9.62 Å². The lowest BCUT2D eigenvalue weighted by atomic mass is 10.1. The number of nitrogens with one attached hydrogen (secondary N) is 1. The first kappa shape index (κ1) is 30.7. The molecule has 0 heterocycles. The van der Waals surface area contributed by atoms with Crippen molar-refractivity contribution >= 4 is 55.1 Å². The van der Waals surface area contributed by atoms with E-state index in [9.17, 15) is 18.0 Å². The fourth-order valence-corrected chi connectivity index (χ4v) is 5.83. The Hall–Kier alpha value is -2.88. The van der Waals surface area contributed by atoms with Gasteiger partial charge in [0.05, 0.1) is 10.6 Å². The number of hydrogen-bond donors (Lipinski definition) is 1.